The lowest BCUT2D eigenvalue weighted by atomic mass is 10.2. The topological polar surface area (TPSA) is 22.1 Å². The van der Waals surface area contributed by atoms with Crippen molar-refractivity contribution in [1.82, 2.24) is 4.98 Å². The molecule has 0 radical (unpaired) electrons. The summed E-state index contributed by atoms with van der Waals surface area (Å²) in [7, 11) is 1.54. The second kappa shape index (κ2) is 3.46. The van der Waals surface area contributed by atoms with Gasteiger partial charge in [0.25, 0.3) is 0 Å². The number of rotatable bonds is 1. The largest absolute Gasteiger partial charge is 0.495 e. The number of hydrogen-bond donors (Lipinski definition) is 0. The lowest BCUT2D eigenvalue weighted by Crippen LogP contribution is -1.93. The Bertz CT molecular complexity index is 368. The van der Waals surface area contributed by atoms with E-state index in [4.69, 9.17) is 17.6 Å². The van der Waals surface area contributed by atoms with Crippen LogP contribution in [0.2, 0.25) is 0 Å². The second-order valence-corrected chi connectivity index (χ2v) is 2.03. The van der Waals surface area contributed by atoms with E-state index in [0.29, 0.717) is 17.0 Å². The van der Waals surface area contributed by atoms with Gasteiger partial charge in [0.15, 0.2) is 0 Å². The summed E-state index contributed by atoms with van der Waals surface area (Å²) >= 11 is 0. The average Bonchev–Trinajstić information content (AvgIpc) is 2.16. The first-order valence-electron chi connectivity index (χ1n) is 3.29. The van der Waals surface area contributed by atoms with Gasteiger partial charge in [0.05, 0.1) is 7.11 Å². The fourth-order valence-electron chi connectivity index (χ4n) is 0.863. The van der Waals surface area contributed by atoms with Gasteiger partial charge in [0.1, 0.15) is 17.0 Å². The van der Waals surface area contributed by atoms with Crippen LogP contribution in [-0.2, 0) is 0 Å². The standard InChI is InChI=1S/C10H7NO/c1-4-8-9(5-2)11-7-6-10(8)12-3/h1-2,6-7H,3H3. The molecule has 2 nitrogen and oxygen atoms in total. The van der Waals surface area contributed by atoms with Gasteiger partial charge in [0, 0.05) is 6.20 Å². The van der Waals surface area contributed by atoms with Gasteiger partial charge in [-0.3, -0.25) is 0 Å². The van der Waals surface area contributed by atoms with Crippen LogP contribution in [0.25, 0.3) is 0 Å². The van der Waals surface area contributed by atoms with Gasteiger partial charge in [-0.25, -0.2) is 4.98 Å². The number of terminal acetylenes is 2. The number of pyridine rings is 1. The Balaban J connectivity index is 3.37. The molecule has 0 unspecified atom stereocenters. The summed E-state index contributed by atoms with van der Waals surface area (Å²) in [6.45, 7) is 0. The Morgan fingerprint density at radius 2 is 2.17 bits per heavy atom. The van der Waals surface area contributed by atoms with Gasteiger partial charge in [-0.2, -0.15) is 0 Å². The highest BCUT2D eigenvalue weighted by molar-refractivity contribution is 5.52. The second-order valence-electron chi connectivity index (χ2n) is 2.03. The molecule has 0 aliphatic carbocycles. The van der Waals surface area contributed by atoms with Crippen LogP contribution in [0.5, 0.6) is 5.75 Å². The normalized spacial score (nSPS) is 8.25. The van der Waals surface area contributed by atoms with Crippen LogP contribution >= 0.6 is 0 Å². The molecule has 1 rings (SSSR count). The molecular weight excluding hydrogens is 150 g/mol. The van der Waals surface area contributed by atoms with Gasteiger partial charge >= 0.3 is 0 Å². The fourth-order valence-corrected chi connectivity index (χ4v) is 0.863. The Hall–Kier alpha value is -1.93. The van der Waals surface area contributed by atoms with Crippen LogP contribution in [0.3, 0.4) is 0 Å². The van der Waals surface area contributed by atoms with Crippen molar-refractivity contribution in [3.8, 4) is 30.4 Å². The van der Waals surface area contributed by atoms with E-state index in [2.05, 4.69) is 16.8 Å². The van der Waals surface area contributed by atoms with Crippen molar-refractivity contribution < 1.29 is 4.74 Å². The molecule has 12 heavy (non-hydrogen) atoms. The first-order chi connectivity index (χ1) is 5.83. The minimum atomic E-state index is 0.442. The Morgan fingerprint density at radius 1 is 1.42 bits per heavy atom. The summed E-state index contributed by atoms with van der Waals surface area (Å²) in [5.41, 5.74) is 0.972. The molecule has 0 bridgehead atoms. The third kappa shape index (κ3) is 1.24. The molecule has 1 aromatic heterocycles. The molecule has 1 heterocycles. The van der Waals surface area contributed by atoms with E-state index in [1.54, 1.807) is 12.3 Å². The monoisotopic (exact) mass is 157 g/mol. The molecule has 0 N–H and O–H groups in total. The highest BCUT2D eigenvalue weighted by Crippen LogP contribution is 2.17. The van der Waals surface area contributed by atoms with E-state index in [9.17, 15) is 0 Å². The van der Waals surface area contributed by atoms with Crippen molar-refractivity contribution in [2.45, 2.75) is 0 Å². The number of methoxy groups -OCH3 is 1. The van der Waals surface area contributed by atoms with E-state index >= 15 is 0 Å². The molecule has 1 aromatic rings. The summed E-state index contributed by atoms with van der Waals surface area (Å²) in [5.74, 6) is 5.41. The molecule has 58 valence electrons. The van der Waals surface area contributed by atoms with Crippen molar-refractivity contribution in [3.05, 3.63) is 23.5 Å². The van der Waals surface area contributed by atoms with E-state index < -0.39 is 0 Å². The van der Waals surface area contributed by atoms with E-state index in [1.807, 2.05) is 0 Å². The predicted octanol–water partition coefficient (Wildman–Crippen LogP) is 1.05. The van der Waals surface area contributed by atoms with Crippen LogP contribution in [0, 0.1) is 24.7 Å². The summed E-state index contributed by atoms with van der Waals surface area (Å²) in [5, 5.41) is 0. The van der Waals surface area contributed by atoms with Gasteiger partial charge in [0.2, 0.25) is 0 Å². The van der Waals surface area contributed by atoms with Gasteiger partial charge in [-0.1, -0.05) is 5.92 Å². The van der Waals surface area contributed by atoms with Crippen molar-refractivity contribution in [3.63, 3.8) is 0 Å². The Kier molecular flexibility index (Phi) is 2.35. The number of hydrogen-bond acceptors (Lipinski definition) is 2. The zero-order valence-electron chi connectivity index (χ0n) is 6.66. The van der Waals surface area contributed by atoms with Crippen molar-refractivity contribution in [2.75, 3.05) is 7.11 Å². The highest BCUT2D eigenvalue weighted by atomic mass is 16.5. The third-order valence-corrected chi connectivity index (χ3v) is 1.41. The first-order valence-corrected chi connectivity index (χ1v) is 3.29. The van der Waals surface area contributed by atoms with Crippen LogP contribution in [0.15, 0.2) is 12.3 Å². The molecule has 2 heteroatoms. The maximum absolute atomic E-state index is 5.24. The molecule has 0 saturated carbocycles. The quantitative estimate of drug-likeness (QED) is 0.568. The molecule has 0 amide bonds. The third-order valence-electron chi connectivity index (χ3n) is 1.41. The summed E-state index contributed by atoms with van der Waals surface area (Å²) < 4.78 is 5.00. The summed E-state index contributed by atoms with van der Waals surface area (Å²) in [6.07, 6.45) is 12.0. The minimum Gasteiger partial charge on any atom is -0.495 e. The summed E-state index contributed by atoms with van der Waals surface area (Å²) in [6, 6.07) is 1.68. The Morgan fingerprint density at radius 3 is 2.67 bits per heavy atom. The smallest absolute Gasteiger partial charge is 0.138 e. The summed E-state index contributed by atoms with van der Waals surface area (Å²) in [4.78, 5) is 3.92. The Labute approximate surface area is 71.6 Å². The first kappa shape index (κ1) is 8.17. The maximum Gasteiger partial charge on any atom is 0.138 e. The SMILES string of the molecule is C#Cc1nccc(OC)c1C#C. The van der Waals surface area contributed by atoms with Gasteiger partial charge < -0.3 is 4.74 Å². The number of aromatic nitrogens is 1. The van der Waals surface area contributed by atoms with Crippen LogP contribution < -0.4 is 4.74 Å². The van der Waals surface area contributed by atoms with Crippen molar-refractivity contribution in [2.24, 2.45) is 0 Å². The lowest BCUT2D eigenvalue weighted by Gasteiger charge is -2.02. The zero-order chi connectivity index (χ0) is 8.97. The van der Waals surface area contributed by atoms with E-state index in [0.717, 1.165) is 0 Å². The molecular formula is C10H7NO. The number of nitrogens with zero attached hydrogens (tertiary/aromatic N) is 1. The molecule has 0 fully saturated rings. The average molecular weight is 157 g/mol. The lowest BCUT2D eigenvalue weighted by molar-refractivity contribution is 0.413. The van der Waals surface area contributed by atoms with E-state index in [1.165, 1.54) is 7.11 Å². The van der Waals surface area contributed by atoms with E-state index in [-0.39, 0.29) is 0 Å². The van der Waals surface area contributed by atoms with Crippen molar-refractivity contribution in [1.29, 1.82) is 0 Å². The molecule has 0 aromatic carbocycles. The van der Waals surface area contributed by atoms with Gasteiger partial charge in [-0.05, 0) is 12.0 Å². The highest BCUT2D eigenvalue weighted by Gasteiger charge is 2.04. The maximum atomic E-state index is 5.24. The number of ether oxygens (including phenoxy) is 1. The molecule has 0 spiro atoms. The van der Waals surface area contributed by atoms with Crippen LogP contribution in [0.1, 0.15) is 11.3 Å². The molecule has 0 aliphatic heterocycles. The predicted molar refractivity (Wildman–Crippen MR) is 46.7 cm³/mol. The van der Waals surface area contributed by atoms with Crippen LogP contribution in [-0.4, -0.2) is 12.1 Å². The van der Waals surface area contributed by atoms with Crippen molar-refractivity contribution >= 4 is 0 Å². The minimum absolute atomic E-state index is 0.442. The fraction of sp³-hybridized carbons (Fsp3) is 0.100. The molecule has 0 saturated heterocycles. The zero-order valence-corrected chi connectivity index (χ0v) is 6.66. The van der Waals surface area contributed by atoms with Crippen LogP contribution in [0.4, 0.5) is 0 Å². The molecule has 0 atom stereocenters. The molecule has 0 aliphatic rings. The van der Waals surface area contributed by atoms with Gasteiger partial charge in [-0.15, -0.1) is 12.8 Å².